The van der Waals surface area contributed by atoms with Crippen molar-refractivity contribution in [3.63, 3.8) is 0 Å². The van der Waals surface area contributed by atoms with Crippen molar-refractivity contribution in [2.45, 2.75) is 77.7 Å². The van der Waals surface area contributed by atoms with E-state index in [1.54, 1.807) is 6.08 Å². The molecule has 4 nitrogen and oxygen atoms in total. The molecule has 1 saturated carbocycles. The van der Waals surface area contributed by atoms with E-state index in [9.17, 15) is 0 Å². The molecule has 0 radical (unpaired) electrons. The highest BCUT2D eigenvalue weighted by atomic mass is 16.8. The second kappa shape index (κ2) is 14.5. The average Bonchev–Trinajstić information content (AvgIpc) is 2.67. The van der Waals surface area contributed by atoms with Gasteiger partial charge in [0, 0.05) is 6.04 Å². The number of nitrogens with two attached hydrogens (primary N) is 1. The lowest BCUT2D eigenvalue weighted by Gasteiger charge is -2.32. The standard InChI is InChI=1S/C25H42N2O2/c1-5-13-22-15-12-16-23(24(22)6-2)19-25(26)21(4)18-20(3)14-10-8-7-9-11-17-27(28)29/h5-6,9,11,13,21,23,25,28-29H,1,3,7-8,10,12,14-19,26H2,2,4H3/b11-9-,22-13-,24-6+/t21?,23-,25+/m0/s1. The van der Waals surface area contributed by atoms with E-state index in [1.807, 2.05) is 12.2 Å². The highest BCUT2D eigenvalue weighted by molar-refractivity contribution is 5.37. The van der Waals surface area contributed by atoms with Crippen LogP contribution in [0, 0.1) is 11.8 Å². The number of hydrogen-bond acceptors (Lipinski definition) is 4. The van der Waals surface area contributed by atoms with Gasteiger partial charge in [0.15, 0.2) is 0 Å². The molecule has 0 aromatic carbocycles. The molecular weight excluding hydrogens is 360 g/mol. The van der Waals surface area contributed by atoms with Gasteiger partial charge < -0.3 is 5.73 Å². The van der Waals surface area contributed by atoms with Gasteiger partial charge >= 0.3 is 0 Å². The van der Waals surface area contributed by atoms with Gasteiger partial charge in [0.2, 0.25) is 0 Å². The topological polar surface area (TPSA) is 69.7 Å². The molecule has 4 N–H and O–H groups in total. The van der Waals surface area contributed by atoms with Crippen molar-refractivity contribution in [2.24, 2.45) is 17.6 Å². The molecule has 0 saturated heterocycles. The Hall–Kier alpha value is -1.46. The monoisotopic (exact) mass is 402 g/mol. The molecule has 1 aliphatic carbocycles. The first-order valence-corrected chi connectivity index (χ1v) is 11.1. The third-order valence-electron chi connectivity index (χ3n) is 5.92. The number of hydroxylamine groups is 2. The Morgan fingerprint density at radius 1 is 1.31 bits per heavy atom. The zero-order valence-corrected chi connectivity index (χ0v) is 18.5. The van der Waals surface area contributed by atoms with Crippen molar-refractivity contribution in [1.82, 2.24) is 5.23 Å². The van der Waals surface area contributed by atoms with Crippen molar-refractivity contribution in [3.8, 4) is 0 Å². The predicted octanol–water partition coefficient (Wildman–Crippen LogP) is 6.34. The molecule has 1 unspecified atom stereocenters. The summed E-state index contributed by atoms with van der Waals surface area (Å²) in [4.78, 5) is 0. The van der Waals surface area contributed by atoms with E-state index in [-0.39, 0.29) is 17.8 Å². The van der Waals surface area contributed by atoms with Crippen LogP contribution in [0.3, 0.4) is 0 Å². The summed E-state index contributed by atoms with van der Waals surface area (Å²) < 4.78 is 0. The van der Waals surface area contributed by atoms with E-state index in [4.69, 9.17) is 16.1 Å². The second-order valence-electron chi connectivity index (χ2n) is 8.36. The molecule has 3 atom stereocenters. The molecule has 0 bridgehead atoms. The summed E-state index contributed by atoms with van der Waals surface area (Å²) in [5.74, 6) is 1.00. The Kier molecular flexibility index (Phi) is 12.8. The zero-order valence-electron chi connectivity index (χ0n) is 18.5. The minimum atomic E-state index is 0.142. The summed E-state index contributed by atoms with van der Waals surface area (Å²) in [6, 6.07) is 0.192. The fraction of sp³-hybridized carbons (Fsp3) is 0.600. The Morgan fingerprint density at radius 2 is 2.07 bits per heavy atom. The van der Waals surface area contributed by atoms with Crippen LogP contribution in [-0.4, -0.2) is 28.2 Å². The van der Waals surface area contributed by atoms with Gasteiger partial charge in [-0.15, -0.1) is 0 Å². The fourth-order valence-corrected chi connectivity index (χ4v) is 4.28. The van der Waals surface area contributed by atoms with E-state index >= 15 is 0 Å². The normalized spacial score (nSPS) is 22.5. The van der Waals surface area contributed by atoms with Crippen molar-refractivity contribution in [1.29, 1.82) is 0 Å². The maximum atomic E-state index is 8.63. The van der Waals surface area contributed by atoms with Crippen LogP contribution in [0.1, 0.15) is 71.6 Å². The molecule has 1 rings (SSSR count). The zero-order chi connectivity index (χ0) is 21.6. The maximum Gasteiger partial charge on any atom is 0.0693 e. The number of unbranched alkanes of at least 4 members (excludes halogenated alkanes) is 2. The fourth-order valence-electron chi connectivity index (χ4n) is 4.28. The highest BCUT2D eigenvalue weighted by Crippen LogP contribution is 2.37. The Morgan fingerprint density at radius 3 is 2.72 bits per heavy atom. The molecule has 1 fully saturated rings. The van der Waals surface area contributed by atoms with Gasteiger partial charge in [-0.1, -0.05) is 61.3 Å². The van der Waals surface area contributed by atoms with Crippen molar-refractivity contribution >= 4 is 0 Å². The number of hydrogen-bond donors (Lipinski definition) is 3. The van der Waals surface area contributed by atoms with E-state index < -0.39 is 0 Å². The molecule has 164 valence electrons. The van der Waals surface area contributed by atoms with Crippen LogP contribution in [0.4, 0.5) is 0 Å². The summed E-state index contributed by atoms with van der Waals surface area (Å²) in [7, 11) is 0. The van der Waals surface area contributed by atoms with Crippen LogP contribution in [-0.2, 0) is 0 Å². The summed E-state index contributed by atoms with van der Waals surface area (Å²) in [6.45, 7) is 12.7. The number of nitrogens with zero attached hydrogens (tertiary/aromatic N) is 1. The Balaban J connectivity index is 2.36. The lowest BCUT2D eigenvalue weighted by atomic mass is 9.75. The van der Waals surface area contributed by atoms with Crippen molar-refractivity contribution < 1.29 is 10.4 Å². The quantitative estimate of drug-likeness (QED) is 0.191. The summed E-state index contributed by atoms with van der Waals surface area (Å²) in [6.07, 6.45) is 19.9. The van der Waals surface area contributed by atoms with Crippen LogP contribution in [0.5, 0.6) is 0 Å². The van der Waals surface area contributed by atoms with Gasteiger partial charge in [-0.3, -0.25) is 10.4 Å². The van der Waals surface area contributed by atoms with Gasteiger partial charge in [-0.05, 0) is 87.7 Å². The van der Waals surface area contributed by atoms with E-state index in [0.29, 0.717) is 11.8 Å². The molecule has 29 heavy (non-hydrogen) atoms. The van der Waals surface area contributed by atoms with Crippen LogP contribution >= 0.6 is 0 Å². The lowest BCUT2D eigenvalue weighted by Crippen LogP contribution is -2.32. The highest BCUT2D eigenvalue weighted by Gasteiger charge is 2.26. The van der Waals surface area contributed by atoms with Gasteiger partial charge in [-0.2, -0.15) is 0 Å². The smallest absolute Gasteiger partial charge is 0.0693 e. The van der Waals surface area contributed by atoms with Gasteiger partial charge in [0.25, 0.3) is 0 Å². The molecule has 0 aliphatic heterocycles. The molecule has 0 aromatic heterocycles. The van der Waals surface area contributed by atoms with E-state index in [1.165, 1.54) is 29.6 Å². The second-order valence-corrected chi connectivity index (χ2v) is 8.36. The lowest BCUT2D eigenvalue weighted by molar-refractivity contribution is -0.299. The third kappa shape index (κ3) is 10.2. The molecule has 0 aromatic rings. The van der Waals surface area contributed by atoms with Crippen molar-refractivity contribution in [2.75, 3.05) is 6.54 Å². The molecule has 1 aliphatic rings. The SMILES string of the molecule is C=C/C=C1/CCC[C@@H](C[C@@H](N)C(C)CC(=C)CCCC/C=C\CN(O)O)/C1=C/C. The molecule has 0 heterocycles. The maximum absolute atomic E-state index is 8.63. The van der Waals surface area contributed by atoms with Crippen LogP contribution in [0.15, 0.2) is 60.3 Å². The Bertz CT molecular complexity index is 590. The summed E-state index contributed by atoms with van der Waals surface area (Å²) in [5.41, 5.74) is 10.8. The van der Waals surface area contributed by atoms with Crippen molar-refractivity contribution in [3.05, 3.63) is 60.3 Å². The first-order chi connectivity index (χ1) is 13.9. The van der Waals surface area contributed by atoms with Gasteiger partial charge in [-0.25, -0.2) is 0 Å². The summed E-state index contributed by atoms with van der Waals surface area (Å²) >= 11 is 0. The predicted molar refractivity (Wildman–Crippen MR) is 123 cm³/mol. The van der Waals surface area contributed by atoms with Crippen LogP contribution in [0.25, 0.3) is 0 Å². The molecular formula is C25H42N2O2. The first-order valence-electron chi connectivity index (χ1n) is 11.1. The van der Waals surface area contributed by atoms with E-state index in [2.05, 4.69) is 39.2 Å². The molecule has 4 heteroatoms. The number of allylic oxidation sites excluding steroid dienone is 7. The van der Waals surface area contributed by atoms with Crippen LogP contribution < -0.4 is 5.73 Å². The largest absolute Gasteiger partial charge is 0.327 e. The molecule has 0 spiro atoms. The Labute approximate surface area is 178 Å². The third-order valence-corrected chi connectivity index (χ3v) is 5.92. The van der Waals surface area contributed by atoms with Gasteiger partial charge in [0.05, 0.1) is 6.54 Å². The average molecular weight is 403 g/mol. The minimum Gasteiger partial charge on any atom is -0.327 e. The number of rotatable bonds is 13. The minimum absolute atomic E-state index is 0.142. The first kappa shape index (κ1) is 25.6. The van der Waals surface area contributed by atoms with Crippen LogP contribution in [0.2, 0.25) is 0 Å². The van der Waals surface area contributed by atoms with Gasteiger partial charge in [0.1, 0.15) is 0 Å². The molecule has 0 amide bonds. The van der Waals surface area contributed by atoms with E-state index in [0.717, 1.165) is 44.9 Å². The summed E-state index contributed by atoms with van der Waals surface area (Å²) in [5, 5.41) is 17.4.